The quantitative estimate of drug-likeness (QED) is 0.671. The van der Waals surface area contributed by atoms with E-state index in [1.165, 1.54) is 6.07 Å². The molecule has 1 aromatic carbocycles. The van der Waals surface area contributed by atoms with Crippen molar-refractivity contribution in [2.45, 2.75) is 12.8 Å². The summed E-state index contributed by atoms with van der Waals surface area (Å²) >= 11 is 0. The first-order valence-electron chi connectivity index (χ1n) is 8.25. The third-order valence-corrected chi connectivity index (χ3v) is 5.35. The van der Waals surface area contributed by atoms with Crippen LogP contribution in [0, 0.1) is 35.3 Å². The highest BCUT2D eigenvalue weighted by Crippen LogP contribution is 2.52. The molecule has 0 aromatic heterocycles. The normalized spacial score (nSPS) is 29.4. The van der Waals surface area contributed by atoms with Gasteiger partial charge in [-0.25, -0.2) is 8.78 Å². The van der Waals surface area contributed by atoms with Gasteiger partial charge in [-0.3, -0.25) is 19.3 Å². The van der Waals surface area contributed by atoms with Gasteiger partial charge < -0.3 is 5.32 Å². The predicted molar refractivity (Wildman–Crippen MR) is 84.0 cm³/mol. The number of rotatable bonds is 4. The molecule has 1 heterocycles. The van der Waals surface area contributed by atoms with Crippen LogP contribution in [0.2, 0.25) is 0 Å². The molecule has 0 unspecified atom stereocenters. The molecule has 7 heteroatoms. The Morgan fingerprint density at radius 3 is 2.20 bits per heavy atom. The first-order chi connectivity index (χ1) is 12.0. The first kappa shape index (κ1) is 15.9. The van der Waals surface area contributed by atoms with Crippen LogP contribution < -0.4 is 5.32 Å². The predicted octanol–water partition coefficient (Wildman–Crippen LogP) is 2.10. The van der Waals surface area contributed by atoms with E-state index in [1.54, 1.807) is 0 Å². The van der Waals surface area contributed by atoms with Gasteiger partial charge in [0, 0.05) is 13.0 Å². The maximum atomic E-state index is 13.5. The number of hydrogen-bond acceptors (Lipinski definition) is 3. The molecule has 0 spiro atoms. The second-order valence-electron chi connectivity index (χ2n) is 6.72. The lowest BCUT2D eigenvalue weighted by Gasteiger charge is -2.17. The fourth-order valence-electron chi connectivity index (χ4n) is 4.22. The van der Waals surface area contributed by atoms with Gasteiger partial charge >= 0.3 is 0 Å². The molecule has 1 aromatic rings. The van der Waals surface area contributed by atoms with Crippen LogP contribution in [0.4, 0.5) is 14.5 Å². The summed E-state index contributed by atoms with van der Waals surface area (Å²) in [7, 11) is 0. The average Bonchev–Trinajstić information content (AvgIpc) is 3.24. The van der Waals surface area contributed by atoms with E-state index in [0.29, 0.717) is 0 Å². The molecule has 2 fully saturated rings. The summed E-state index contributed by atoms with van der Waals surface area (Å²) < 4.78 is 27.1. The third kappa shape index (κ3) is 2.45. The number of nitrogens with zero attached hydrogens (tertiary/aromatic N) is 1. The zero-order chi connectivity index (χ0) is 17.7. The van der Waals surface area contributed by atoms with E-state index in [1.807, 2.05) is 12.2 Å². The Morgan fingerprint density at radius 2 is 1.64 bits per heavy atom. The molecule has 0 radical (unpaired) electrons. The number of anilines is 1. The minimum absolute atomic E-state index is 0.0774. The molecule has 2 bridgehead atoms. The van der Waals surface area contributed by atoms with Gasteiger partial charge in [0.15, 0.2) is 0 Å². The number of carbonyl (C=O) groups is 3. The second kappa shape index (κ2) is 5.75. The number of benzene rings is 1. The highest BCUT2D eigenvalue weighted by molar-refractivity contribution is 6.06. The summed E-state index contributed by atoms with van der Waals surface area (Å²) in [6, 6.07) is 3.27. The Bertz CT molecular complexity index is 757. The number of hydrogen-bond donors (Lipinski definition) is 1. The Hall–Kier alpha value is -2.57. The van der Waals surface area contributed by atoms with Gasteiger partial charge in [-0.1, -0.05) is 18.2 Å². The van der Waals surface area contributed by atoms with Crippen molar-refractivity contribution in [2.75, 3.05) is 11.9 Å². The van der Waals surface area contributed by atoms with E-state index in [2.05, 4.69) is 5.32 Å². The molecule has 4 atom stereocenters. The zero-order valence-electron chi connectivity index (χ0n) is 13.2. The molecule has 1 saturated carbocycles. The van der Waals surface area contributed by atoms with E-state index < -0.39 is 23.2 Å². The smallest absolute Gasteiger partial charge is 0.233 e. The Kier molecular flexibility index (Phi) is 3.67. The van der Waals surface area contributed by atoms with Gasteiger partial charge in [-0.2, -0.15) is 0 Å². The molecule has 4 rings (SSSR count). The van der Waals surface area contributed by atoms with Crippen molar-refractivity contribution in [2.24, 2.45) is 23.7 Å². The highest BCUT2D eigenvalue weighted by Gasteiger charge is 2.58. The molecular weight excluding hydrogens is 330 g/mol. The Balaban J connectivity index is 1.40. The van der Waals surface area contributed by atoms with Crippen molar-refractivity contribution in [3.8, 4) is 0 Å². The van der Waals surface area contributed by atoms with Gasteiger partial charge in [-0.15, -0.1) is 0 Å². The van der Waals surface area contributed by atoms with Crippen LogP contribution in [0.5, 0.6) is 0 Å². The topological polar surface area (TPSA) is 66.5 Å². The summed E-state index contributed by atoms with van der Waals surface area (Å²) in [6.45, 7) is -0.0774. The monoisotopic (exact) mass is 346 g/mol. The molecule has 1 aliphatic heterocycles. The molecular formula is C18H16F2N2O3. The lowest BCUT2D eigenvalue weighted by atomic mass is 9.85. The van der Waals surface area contributed by atoms with Crippen molar-refractivity contribution in [3.63, 3.8) is 0 Å². The van der Waals surface area contributed by atoms with E-state index >= 15 is 0 Å². The van der Waals surface area contributed by atoms with E-state index in [-0.39, 0.29) is 48.5 Å². The van der Waals surface area contributed by atoms with Crippen LogP contribution in [-0.4, -0.2) is 29.2 Å². The lowest BCUT2D eigenvalue weighted by Crippen LogP contribution is -2.35. The SMILES string of the molecule is O=C(CCN1C(=O)[C@@H]2[C@H](C1=O)[C@H]1C=C[C@H]2C1)Nc1c(F)cccc1F. The maximum absolute atomic E-state index is 13.5. The minimum atomic E-state index is -0.876. The van der Waals surface area contributed by atoms with Gasteiger partial charge in [0.25, 0.3) is 0 Å². The fraction of sp³-hybridized carbons (Fsp3) is 0.389. The number of imide groups is 1. The summed E-state index contributed by atoms with van der Waals surface area (Å²) in [4.78, 5) is 38.1. The highest BCUT2D eigenvalue weighted by atomic mass is 19.1. The minimum Gasteiger partial charge on any atom is -0.321 e. The second-order valence-corrected chi connectivity index (χ2v) is 6.72. The first-order valence-corrected chi connectivity index (χ1v) is 8.25. The molecule has 5 nitrogen and oxygen atoms in total. The summed E-state index contributed by atoms with van der Waals surface area (Å²) in [5, 5.41) is 2.16. The van der Waals surface area contributed by atoms with Crippen LogP contribution in [0.15, 0.2) is 30.4 Å². The fourth-order valence-corrected chi connectivity index (χ4v) is 4.22. The van der Waals surface area contributed by atoms with Crippen molar-refractivity contribution >= 4 is 23.4 Å². The molecule has 130 valence electrons. The number of para-hydroxylation sites is 1. The van der Waals surface area contributed by atoms with Crippen LogP contribution in [0.1, 0.15) is 12.8 Å². The van der Waals surface area contributed by atoms with E-state index in [0.717, 1.165) is 23.5 Å². The van der Waals surface area contributed by atoms with Gasteiger partial charge in [0.05, 0.1) is 11.8 Å². The van der Waals surface area contributed by atoms with Crippen molar-refractivity contribution < 1.29 is 23.2 Å². The Morgan fingerprint density at radius 1 is 1.08 bits per heavy atom. The summed E-state index contributed by atoms with van der Waals surface area (Å²) in [5.41, 5.74) is -0.523. The zero-order valence-corrected chi connectivity index (χ0v) is 13.2. The number of halogens is 2. The van der Waals surface area contributed by atoms with Crippen molar-refractivity contribution in [3.05, 3.63) is 42.0 Å². The van der Waals surface area contributed by atoms with E-state index in [9.17, 15) is 23.2 Å². The van der Waals surface area contributed by atoms with Gasteiger partial charge in [0.2, 0.25) is 17.7 Å². The number of fused-ring (bicyclic) bond motifs is 5. The molecule has 25 heavy (non-hydrogen) atoms. The number of allylic oxidation sites excluding steroid dienone is 2. The number of amides is 3. The van der Waals surface area contributed by atoms with Crippen LogP contribution in [0.25, 0.3) is 0 Å². The third-order valence-electron chi connectivity index (χ3n) is 5.35. The average molecular weight is 346 g/mol. The van der Waals surface area contributed by atoms with Crippen LogP contribution >= 0.6 is 0 Å². The summed E-state index contributed by atoms with van der Waals surface area (Å²) in [6.07, 6.45) is 4.63. The molecule has 1 saturated heterocycles. The van der Waals surface area contributed by atoms with Crippen LogP contribution in [-0.2, 0) is 14.4 Å². The molecule has 3 amide bonds. The standard InChI is InChI=1S/C18H16F2N2O3/c19-11-2-1-3-12(20)16(11)21-13(23)6-7-22-17(24)14-9-4-5-10(8-9)15(14)18(22)25/h1-5,9-10,14-15H,6-8H2,(H,21,23)/t9-,10-,14-,15+/m0/s1. The largest absolute Gasteiger partial charge is 0.321 e. The molecule has 3 aliphatic rings. The maximum Gasteiger partial charge on any atom is 0.233 e. The molecule has 1 N–H and O–H groups in total. The number of carbonyl (C=O) groups excluding carboxylic acids is 3. The summed E-state index contributed by atoms with van der Waals surface area (Å²) in [5.74, 6) is -3.28. The lowest BCUT2D eigenvalue weighted by molar-refractivity contribution is -0.140. The van der Waals surface area contributed by atoms with Crippen molar-refractivity contribution in [1.82, 2.24) is 4.90 Å². The molecule has 2 aliphatic carbocycles. The number of nitrogens with one attached hydrogen (secondary N) is 1. The van der Waals surface area contributed by atoms with Gasteiger partial charge in [0.1, 0.15) is 17.3 Å². The Labute approximate surface area is 142 Å². The number of likely N-dealkylation sites (tertiary alicyclic amines) is 1. The van der Waals surface area contributed by atoms with Crippen LogP contribution in [0.3, 0.4) is 0 Å². The van der Waals surface area contributed by atoms with Gasteiger partial charge in [-0.05, 0) is 30.4 Å². The van der Waals surface area contributed by atoms with Crippen molar-refractivity contribution in [1.29, 1.82) is 0 Å². The van der Waals surface area contributed by atoms with E-state index in [4.69, 9.17) is 0 Å².